The Morgan fingerprint density at radius 3 is 3.05 bits per heavy atom. The molecule has 0 aliphatic carbocycles. The first-order chi connectivity index (χ1) is 10.6. The third-order valence-corrected chi connectivity index (χ3v) is 3.71. The second-order valence-corrected chi connectivity index (χ2v) is 5.31. The molecule has 0 saturated carbocycles. The van der Waals surface area contributed by atoms with Gasteiger partial charge >= 0.3 is 0 Å². The fourth-order valence-electron chi connectivity index (χ4n) is 2.41. The standard InChI is InChI=1S/C15H18FN5O/c1-10(19-15(22)13-6-7-17-20-13)11-8-18-21(9-11)14-5-3-2-4-12(14)16/h2-5,8-10,13,17,20H,6-7H2,1H3,(H,19,22). The molecule has 3 N–H and O–H groups in total. The summed E-state index contributed by atoms with van der Waals surface area (Å²) in [5.74, 6) is -0.397. The molecule has 0 radical (unpaired) electrons. The van der Waals surface area contributed by atoms with Gasteiger partial charge in [-0.3, -0.25) is 10.2 Å². The highest BCUT2D eigenvalue weighted by atomic mass is 19.1. The van der Waals surface area contributed by atoms with Gasteiger partial charge in [-0.1, -0.05) is 12.1 Å². The van der Waals surface area contributed by atoms with Gasteiger partial charge in [0.2, 0.25) is 5.91 Å². The SMILES string of the molecule is CC(NC(=O)C1CCNN1)c1cnn(-c2ccccc2F)c1. The molecule has 7 heteroatoms. The minimum Gasteiger partial charge on any atom is -0.348 e. The van der Waals surface area contributed by atoms with E-state index in [0.717, 1.165) is 18.5 Å². The van der Waals surface area contributed by atoms with E-state index in [1.54, 1.807) is 30.6 Å². The highest BCUT2D eigenvalue weighted by Crippen LogP contribution is 2.16. The van der Waals surface area contributed by atoms with E-state index in [0.29, 0.717) is 5.69 Å². The van der Waals surface area contributed by atoms with Crippen LogP contribution < -0.4 is 16.2 Å². The first-order valence-corrected chi connectivity index (χ1v) is 7.23. The van der Waals surface area contributed by atoms with Gasteiger partial charge in [0.05, 0.1) is 12.2 Å². The van der Waals surface area contributed by atoms with Gasteiger partial charge in [-0.25, -0.2) is 14.5 Å². The molecule has 2 aromatic rings. The van der Waals surface area contributed by atoms with Gasteiger partial charge in [0.15, 0.2) is 0 Å². The number of amides is 1. The van der Waals surface area contributed by atoms with E-state index in [4.69, 9.17) is 0 Å². The Morgan fingerprint density at radius 2 is 2.32 bits per heavy atom. The van der Waals surface area contributed by atoms with Gasteiger partial charge in [0.1, 0.15) is 17.5 Å². The summed E-state index contributed by atoms with van der Waals surface area (Å²) >= 11 is 0. The number of hydrogen-bond donors (Lipinski definition) is 3. The number of para-hydroxylation sites is 1. The molecule has 1 aliphatic heterocycles. The molecule has 1 aromatic heterocycles. The molecule has 1 aliphatic rings. The zero-order valence-corrected chi connectivity index (χ0v) is 12.2. The highest BCUT2D eigenvalue weighted by molar-refractivity contribution is 5.82. The van der Waals surface area contributed by atoms with Crippen molar-refractivity contribution in [2.45, 2.75) is 25.4 Å². The summed E-state index contributed by atoms with van der Waals surface area (Å²) in [5, 5.41) is 7.10. The minimum absolute atomic E-state index is 0.0591. The van der Waals surface area contributed by atoms with Crippen molar-refractivity contribution >= 4 is 5.91 Å². The molecule has 0 spiro atoms. The number of aromatic nitrogens is 2. The Labute approximate surface area is 127 Å². The lowest BCUT2D eigenvalue weighted by atomic mass is 10.1. The van der Waals surface area contributed by atoms with Gasteiger partial charge in [0, 0.05) is 18.3 Å². The molecule has 0 bridgehead atoms. The number of nitrogens with one attached hydrogen (secondary N) is 3. The van der Waals surface area contributed by atoms with E-state index >= 15 is 0 Å². The molecule has 1 amide bonds. The third-order valence-electron chi connectivity index (χ3n) is 3.71. The number of benzene rings is 1. The summed E-state index contributed by atoms with van der Waals surface area (Å²) in [4.78, 5) is 12.1. The maximum atomic E-state index is 13.8. The average Bonchev–Trinajstić information content (AvgIpc) is 3.19. The Balaban J connectivity index is 1.70. The van der Waals surface area contributed by atoms with Crippen LogP contribution in [0, 0.1) is 5.82 Å². The number of carbonyl (C=O) groups excluding carboxylic acids is 1. The van der Waals surface area contributed by atoms with Crippen LogP contribution in [-0.2, 0) is 4.79 Å². The van der Waals surface area contributed by atoms with E-state index in [9.17, 15) is 9.18 Å². The molecule has 2 heterocycles. The van der Waals surface area contributed by atoms with Crippen molar-refractivity contribution in [1.29, 1.82) is 0 Å². The lowest BCUT2D eigenvalue weighted by Gasteiger charge is -2.15. The third kappa shape index (κ3) is 3.00. The Hall–Kier alpha value is -2.25. The van der Waals surface area contributed by atoms with Gasteiger partial charge < -0.3 is 5.32 Å². The fraction of sp³-hybridized carbons (Fsp3) is 0.333. The topological polar surface area (TPSA) is 71.0 Å². The molecule has 1 aromatic carbocycles. The van der Waals surface area contributed by atoms with Crippen LogP contribution in [0.15, 0.2) is 36.7 Å². The second kappa shape index (κ2) is 6.25. The Kier molecular flexibility index (Phi) is 4.17. The monoisotopic (exact) mass is 303 g/mol. The molecule has 2 unspecified atom stereocenters. The number of hydrogen-bond acceptors (Lipinski definition) is 4. The molecule has 1 saturated heterocycles. The summed E-state index contributed by atoms with van der Waals surface area (Å²) in [5.41, 5.74) is 7.05. The van der Waals surface area contributed by atoms with Crippen molar-refractivity contribution in [3.63, 3.8) is 0 Å². The number of hydrazine groups is 1. The summed E-state index contributed by atoms with van der Waals surface area (Å²) in [6.45, 7) is 2.65. The minimum atomic E-state index is -0.338. The molecule has 22 heavy (non-hydrogen) atoms. The molecule has 6 nitrogen and oxygen atoms in total. The smallest absolute Gasteiger partial charge is 0.239 e. The van der Waals surface area contributed by atoms with Crippen molar-refractivity contribution in [1.82, 2.24) is 25.9 Å². The highest BCUT2D eigenvalue weighted by Gasteiger charge is 2.23. The largest absolute Gasteiger partial charge is 0.348 e. The van der Waals surface area contributed by atoms with Crippen molar-refractivity contribution in [2.24, 2.45) is 0 Å². The number of rotatable bonds is 4. The van der Waals surface area contributed by atoms with Gasteiger partial charge in [0.25, 0.3) is 0 Å². The predicted octanol–water partition coefficient (Wildman–Crippen LogP) is 1.06. The summed E-state index contributed by atoms with van der Waals surface area (Å²) in [7, 11) is 0. The Bertz CT molecular complexity index is 665. The maximum Gasteiger partial charge on any atom is 0.239 e. The van der Waals surface area contributed by atoms with E-state index in [1.165, 1.54) is 10.7 Å². The molecular weight excluding hydrogens is 285 g/mol. The first-order valence-electron chi connectivity index (χ1n) is 7.23. The first kappa shape index (κ1) is 14.7. The number of nitrogens with zero attached hydrogens (tertiary/aromatic N) is 2. The number of halogens is 1. The fourth-order valence-corrected chi connectivity index (χ4v) is 2.41. The van der Waals surface area contributed by atoms with Crippen LogP contribution in [0.1, 0.15) is 24.9 Å². The van der Waals surface area contributed by atoms with Crippen LogP contribution in [0.25, 0.3) is 5.69 Å². The lowest BCUT2D eigenvalue weighted by Crippen LogP contribution is -2.43. The maximum absolute atomic E-state index is 13.8. The zero-order chi connectivity index (χ0) is 15.5. The second-order valence-electron chi connectivity index (χ2n) is 5.31. The van der Waals surface area contributed by atoms with Crippen LogP contribution in [0.5, 0.6) is 0 Å². The van der Waals surface area contributed by atoms with E-state index < -0.39 is 0 Å². The van der Waals surface area contributed by atoms with Crippen molar-refractivity contribution in [3.05, 3.63) is 48.0 Å². The molecular formula is C15H18FN5O. The van der Waals surface area contributed by atoms with Crippen molar-refractivity contribution < 1.29 is 9.18 Å². The molecule has 1 fully saturated rings. The van der Waals surface area contributed by atoms with Crippen molar-refractivity contribution in [2.75, 3.05) is 6.54 Å². The van der Waals surface area contributed by atoms with E-state index in [-0.39, 0.29) is 23.8 Å². The average molecular weight is 303 g/mol. The van der Waals surface area contributed by atoms with Gasteiger partial charge in [-0.2, -0.15) is 5.10 Å². The quantitative estimate of drug-likeness (QED) is 0.790. The van der Waals surface area contributed by atoms with Crippen LogP contribution >= 0.6 is 0 Å². The zero-order valence-electron chi connectivity index (χ0n) is 12.2. The predicted molar refractivity (Wildman–Crippen MR) is 79.6 cm³/mol. The summed E-state index contributed by atoms with van der Waals surface area (Å²) in [6, 6.07) is 6.02. The number of carbonyl (C=O) groups is 1. The van der Waals surface area contributed by atoms with E-state index in [2.05, 4.69) is 21.3 Å². The van der Waals surface area contributed by atoms with Crippen molar-refractivity contribution in [3.8, 4) is 5.69 Å². The van der Waals surface area contributed by atoms with Gasteiger partial charge in [-0.05, 0) is 25.5 Å². The molecule has 2 atom stereocenters. The van der Waals surface area contributed by atoms with Crippen LogP contribution in [0.4, 0.5) is 4.39 Å². The Morgan fingerprint density at radius 1 is 1.50 bits per heavy atom. The summed E-state index contributed by atoms with van der Waals surface area (Å²) in [6.07, 6.45) is 4.12. The van der Waals surface area contributed by atoms with Gasteiger partial charge in [-0.15, -0.1) is 0 Å². The van der Waals surface area contributed by atoms with Crippen LogP contribution in [-0.4, -0.2) is 28.3 Å². The molecule has 3 rings (SSSR count). The van der Waals surface area contributed by atoms with E-state index in [1.807, 2.05) is 6.92 Å². The molecule has 116 valence electrons. The normalized spacial score (nSPS) is 19.1. The lowest BCUT2D eigenvalue weighted by molar-refractivity contribution is -0.123. The van der Waals surface area contributed by atoms with Crippen LogP contribution in [0.3, 0.4) is 0 Å². The summed E-state index contributed by atoms with van der Waals surface area (Å²) < 4.78 is 15.2. The van der Waals surface area contributed by atoms with Crippen LogP contribution in [0.2, 0.25) is 0 Å².